The van der Waals surface area contributed by atoms with Crippen molar-refractivity contribution in [3.8, 4) is 11.3 Å². The van der Waals surface area contributed by atoms with Gasteiger partial charge in [0.05, 0.1) is 23.6 Å². The SMILES string of the molecule is COCCNC(=O)c1c(NC(=O)CSc2nc(C)cc(-c3ccccc3)n2)sc2c1CCCC2. The lowest BCUT2D eigenvalue weighted by Crippen LogP contribution is -2.29. The number of fused-ring (bicyclic) bond motifs is 1. The van der Waals surface area contributed by atoms with Gasteiger partial charge in [-0.15, -0.1) is 11.3 Å². The predicted octanol–water partition coefficient (Wildman–Crippen LogP) is 4.50. The molecule has 0 radical (unpaired) electrons. The zero-order chi connectivity index (χ0) is 23.9. The first-order chi connectivity index (χ1) is 16.5. The number of methoxy groups -OCH3 is 1. The molecule has 9 heteroatoms. The highest BCUT2D eigenvalue weighted by molar-refractivity contribution is 7.99. The first-order valence-electron chi connectivity index (χ1n) is 11.3. The maximum Gasteiger partial charge on any atom is 0.254 e. The van der Waals surface area contributed by atoms with Crippen molar-refractivity contribution in [3.05, 3.63) is 58.1 Å². The van der Waals surface area contributed by atoms with Gasteiger partial charge in [-0.05, 0) is 44.2 Å². The molecule has 4 rings (SSSR count). The number of thiophene rings is 1. The van der Waals surface area contributed by atoms with Gasteiger partial charge in [0.25, 0.3) is 5.91 Å². The van der Waals surface area contributed by atoms with Crippen LogP contribution in [0.25, 0.3) is 11.3 Å². The second-order valence-corrected chi connectivity index (χ2v) is 10.1. The largest absolute Gasteiger partial charge is 0.383 e. The summed E-state index contributed by atoms with van der Waals surface area (Å²) in [5, 5.41) is 7.06. The molecule has 0 saturated heterocycles. The van der Waals surface area contributed by atoms with E-state index >= 15 is 0 Å². The van der Waals surface area contributed by atoms with Crippen LogP contribution >= 0.6 is 23.1 Å². The molecule has 2 N–H and O–H groups in total. The summed E-state index contributed by atoms with van der Waals surface area (Å²) in [5.74, 6) is -0.180. The third-order valence-electron chi connectivity index (χ3n) is 5.48. The number of hydrogen-bond donors (Lipinski definition) is 2. The Labute approximate surface area is 207 Å². The van der Waals surface area contributed by atoms with E-state index < -0.39 is 0 Å². The second kappa shape index (κ2) is 11.6. The van der Waals surface area contributed by atoms with Crippen molar-refractivity contribution < 1.29 is 14.3 Å². The number of rotatable bonds is 9. The van der Waals surface area contributed by atoms with Gasteiger partial charge in [0, 0.05) is 29.8 Å². The normalized spacial score (nSPS) is 12.8. The standard InChI is InChI=1S/C25H28N4O3S2/c1-16-14-19(17-8-4-3-5-9-17)28-25(27-16)33-15-21(30)29-24-22(23(31)26-12-13-32-2)18-10-6-7-11-20(18)34-24/h3-5,8-9,14H,6-7,10-13,15H2,1-2H3,(H,26,31)(H,29,30). The van der Waals surface area contributed by atoms with E-state index in [1.807, 2.05) is 43.3 Å². The molecule has 1 aliphatic rings. The fourth-order valence-corrected chi connectivity index (χ4v) is 5.91. The van der Waals surface area contributed by atoms with Crippen LogP contribution in [0.3, 0.4) is 0 Å². The second-order valence-electron chi connectivity index (χ2n) is 8.04. The summed E-state index contributed by atoms with van der Waals surface area (Å²) in [6.07, 6.45) is 3.97. The Balaban J connectivity index is 1.46. The highest BCUT2D eigenvalue weighted by Crippen LogP contribution is 2.38. The van der Waals surface area contributed by atoms with Crippen molar-refractivity contribution in [3.63, 3.8) is 0 Å². The average molecular weight is 497 g/mol. The first kappa shape index (κ1) is 24.4. The summed E-state index contributed by atoms with van der Waals surface area (Å²) < 4.78 is 5.04. The summed E-state index contributed by atoms with van der Waals surface area (Å²) in [5.41, 5.74) is 4.36. The van der Waals surface area contributed by atoms with Crippen molar-refractivity contribution in [1.29, 1.82) is 0 Å². The fraction of sp³-hybridized carbons (Fsp3) is 0.360. The average Bonchev–Trinajstić information content (AvgIpc) is 3.21. The number of aromatic nitrogens is 2. The van der Waals surface area contributed by atoms with Gasteiger partial charge in [0.1, 0.15) is 5.00 Å². The molecule has 178 valence electrons. The van der Waals surface area contributed by atoms with Crippen molar-refractivity contribution in [2.24, 2.45) is 0 Å². The number of nitrogens with one attached hydrogen (secondary N) is 2. The topological polar surface area (TPSA) is 93.2 Å². The lowest BCUT2D eigenvalue weighted by Gasteiger charge is -2.13. The number of nitrogens with zero attached hydrogens (tertiary/aromatic N) is 2. The zero-order valence-electron chi connectivity index (χ0n) is 19.3. The Hall–Kier alpha value is -2.75. The van der Waals surface area contributed by atoms with E-state index in [-0.39, 0.29) is 17.6 Å². The molecule has 0 fully saturated rings. The Kier molecular flexibility index (Phi) is 8.31. The molecule has 1 aliphatic carbocycles. The third kappa shape index (κ3) is 6.02. The molecule has 0 atom stereocenters. The van der Waals surface area contributed by atoms with Crippen molar-refractivity contribution in [1.82, 2.24) is 15.3 Å². The minimum absolute atomic E-state index is 0.158. The molecule has 7 nitrogen and oxygen atoms in total. The van der Waals surface area contributed by atoms with Gasteiger partial charge in [-0.1, -0.05) is 42.1 Å². The first-order valence-corrected chi connectivity index (χ1v) is 13.1. The predicted molar refractivity (Wildman–Crippen MR) is 137 cm³/mol. The molecule has 34 heavy (non-hydrogen) atoms. The van der Waals surface area contributed by atoms with E-state index in [9.17, 15) is 9.59 Å². The number of thioether (sulfide) groups is 1. The third-order valence-corrected chi connectivity index (χ3v) is 7.53. The molecule has 0 unspecified atom stereocenters. The van der Waals surface area contributed by atoms with Crippen LogP contribution in [0.2, 0.25) is 0 Å². The van der Waals surface area contributed by atoms with Gasteiger partial charge in [0.15, 0.2) is 5.16 Å². The number of aryl methyl sites for hydroxylation is 2. The van der Waals surface area contributed by atoms with Gasteiger partial charge in [0.2, 0.25) is 5.91 Å². The Morgan fingerprint density at radius 2 is 1.94 bits per heavy atom. The monoisotopic (exact) mass is 496 g/mol. The quantitative estimate of drug-likeness (QED) is 0.257. The van der Waals surface area contributed by atoms with E-state index in [0.717, 1.165) is 48.2 Å². The van der Waals surface area contributed by atoms with Crippen LogP contribution in [-0.4, -0.2) is 47.8 Å². The van der Waals surface area contributed by atoms with Gasteiger partial charge >= 0.3 is 0 Å². The number of carbonyl (C=O) groups excluding carboxylic acids is 2. The molecule has 2 amide bonds. The number of ether oxygens (including phenoxy) is 1. The summed E-state index contributed by atoms with van der Waals surface area (Å²) in [4.78, 5) is 36.0. The van der Waals surface area contributed by atoms with E-state index in [1.165, 1.54) is 28.0 Å². The molecule has 0 aliphatic heterocycles. The number of carbonyl (C=O) groups is 2. The molecule has 0 spiro atoms. The molecule has 0 saturated carbocycles. The van der Waals surface area contributed by atoms with Crippen molar-refractivity contribution in [2.45, 2.75) is 37.8 Å². The van der Waals surface area contributed by atoms with Crippen LogP contribution in [0.5, 0.6) is 0 Å². The van der Waals surface area contributed by atoms with E-state index in [4.69, 9.17) is 4.74 Å². The van der Waals surface area contributed by atoms with Crippen LogP contribution in [0.4, 0.5) is 5.00 Å². The molecule has 2 heterocycles. The highest BCUT2D eigenvalue weighted by atomic mass is 32.2. The number of benzene rings is 1. The lowest BCUT2D eigenvalue weighted by molar-refractivity contribution is -0.113. The highest BCUT2D eigenvalue weighted by Gasteiger charge is 2.26. The summed E-state index contributed by atoms with van der Waals surface area (Å²) in [6, 6.07) is 11.8. The van der Waals surface area contributed by atoms with Crippen LogP contribution in [0, 0.1) is 6.92 Å². The minimum atomic E-state index is -0.180. The number of amides is 2. The minimum Gasteiger partial charge on any atom is -0.383 e. The smallest absolute Gasteiger partial charge is 0.254 e. The van der Waals surface area contributed by atoms with Crippen LogP contribution < -0.4 is 10.6 Å². The molecule has 0 bridgehead atoms. The van der Waals surface area contributed by atoms with Crippen LogP contribution in [-0.2, 0) is 22.4 Å². The number of anilines is 1. The van der Waals surface area contributed by atoms with Gasteiger partial charge in [-0.3, -0.25) is 9.59 Å². The summed E-state index contributed by atoms with van der Waals surface area (Å²) in [7, 11) is 1.60. The molecular formula is C25H28N4O3S2. The van der Waals surface area contributed by atoms with Gasteiger partial charge in [-0.2, -0.15) is 0 Å². The zero-order valence-corrected chi connectivity index (χ0v) is 21.0. The molecule has 2 aromatic heterocycles. The maximum atomic E-state index is 12.9. The molecule has 1 aromatic carbocycles. The maximum absolute atomic E-state index is 12.9. The van der Waals surface area contributed by atoms with Crippen LogP contribution in [0.15, 0.2) is 41.6 Å². The van der Waals surface area contributed by atoms with E-state index in [0.29, 0.717) is 28.9 Å². The van der Waals surface area contributed by atoms with E-state index in [2.05, 4.69) is 20.6 Å². The Morgan fingerprint density at radius 1 is 1.15 bits per heavy atom. The molecule has 3 aromatic rings. The fourth-order valence-electron chi connectivity index (χ4n) is 3.90. The van der Waals surface area contributed by atoms with Gasteiger partial charge < -0.3 is 15.4 Å². The van der Waals surface area contributed by atoms with Crippen molar-refractivity contribution >= 4 is 39.9 Å². The Morgan fingerprint density at radius 3 is 2.74 bits per heavy atom. The van der Waals surface area contributed by atoms with Crippen LogP contribution in [0.1, 0.15) is 39.3 Å². The number of hydrogen-bond acceptors (Lipinski definition) is 7. The summed E-state index contributed by atoms with van der Waals surface area (Å²) >= 11 is 2.81. The van der Waals surface area contributed by atoms with Crippen molar-refractivity contribution in [2.75, 3.05) is 31.3 Å². The van der Waals surface area contributed by atoms with Gasteiger partial charge in [-0.25, -0.2) is 9.97 Å². The lowest BCUT2D eigenvalue weighted by atomic mass is 9.95. The Bertz CT molecular complexity index is 1160. The van der Waals surface area contributed by atoms with E-state index in [1.54, 1.807) is 7.11 Å². The molecular weight excluding hydrogens is 468 g/mol. The summed E-state index contributed by atoms with van der Waals surface area (Å²) in [6.45, 7) is 2.79.